The van der Waals surface area contributed by atoms with Crippen LogP contribution in [0.2, 0.25) is 0 Å². The minimum atomic E-state index is -4.34. The van der Waals surface area contributed by atoms with E-state index >= 15 is 0 Å². The number of aromatic nitrogens is 1. The SMILES string of the molecule is CS(=O)(=O)Cl.Cc1sc(-c2ccc(C(F)(F)F)cc2)nc1CCN=[N+]=[N-]. The number of rotatable bonds is 4. The molecule has 0 unspecified atom stereocenters. The predicted octanol–water partition coefficient (Wildman–Crippen LogP) is 5.17. The van der Waals surface area contributed by atoms with Gasteiger partial charge in [-0.05, 0) is 31.0 Å². The molecule has 0 N–H and O–H groups in total. The zero-order valence-electron chi connectivity index (χ0n) is 13.7. The minimum absolute atomic E-state index is 0.313. The Bertz CT molecular complexity index is 882. The molecule has 0 aliphatic carbocycles. The van der Waals surface area contributed by atoms with Crippen molar-refractivity contribution in [2.75, 3.05) is 12.8 Å². The van der Waals surface area contributed by atoms with Gasteiger partial charge < -0.3 is 0 Å². The maximum Gasteiger partial charge on any atom is 0.416 e. The molecule has 6 nitrogen and oxygen atoms in total. The number of azide groups is 1. The summed E-state index contributed by atoms with van der Waals surface area (Å²) in [6, 6.07) is 4.92. The second-order valence-corrected chi connectivity index (χ2v) is 9.23. The molecule has 0 atom stereocenters. The molecular formula is C14H14ClF3N4O2S2. The molecule has 0 amide bonds. The van der Waals surface area contributed by atoms with Crippen LogP contribution in [-0.4, -0.2) is 26.2 Å². The average Bonchev–Trinajstić information content (AvgIpc) is 2.86. The molecule has 0 saturated carbocycles. The van der Waals surface area contributed by atoms with Crippen LogP contribution >= 0.6 is 22.0 Å². The Morgan fingerprint density at radius 1 is 1.31 bits per heavy atom. The Morgan fingerprint density at radius 3 is 2.31 bits per heavy atom. The highest BCUT2D eigenvalue weighted by atomic mass is 35.7. The fraction of sp³-hybridized carbons (Fsp3) is 0.357. The number of halogens is 4. The van der Waals surface area contributed by atoms with E-state index in [2.05, 4.69) is 25.7 Å². The van der Waals surface area contributed by atoms with E-state index in [-0.39, 0.29) is 0 Å². The highest BCUT2D eigenvalue weighted by Crippen LogP contribution is 2.32. The Balaban J connectivity index is 0.000000597. The molecule has 12 heteroatoms. The van der Waals surface area contributed by atoms with Gasteiger partial charge in [0.25, 0.3) is 0 Å². The predicted molar refractivity (Wildman–Crippen MR) is 95.7 cm³/mol. The van der Waals surface area contributed by atoms with Gasteiger partial charge in [-0.2, -0.15) is 13.2 Å². The van der Waals surface area contributed by atoms with Gasteiger partial charge in [0.05, 0.1) is 17.5 Å². The van der Waals surface area contributed by atoms with Gasteiger partial charge in [-0.15, -0.1) is 11.3 Å². The van der Waals surface area contributed by atoms with Crippen LogP contribution in [0.1, 0.15) is 16.1 Å². The van der Waals surface area contributed by atoms with E-state index in [1.807, 2.05) is 6.92 Å². The number of benzene rings is 1. The summed E-state index contributed by atoms with van der Waals surface area (Å²) < 4.78 is 56.3. The Morgan fingerprint density at radius 2 is 1.85 bits per heavy atom. The van der Waals surface area contributed by atoms with E-state index in [1.54, 1.807) is 0 Å². The molecule has 0 saturated heterocycles. The summed E-state index contributed by atoms with van der Waals surface area (Å²) in [4.78, 5) is 8.04. The van der Waals surface area contributed by atoms with Crippen molar-refractivity contribution in [1.29, 1.82) is 0 Å². The fourth-order valence-electron chi connectivity index (χ4n) is 1.79. The standard InChI is InChI=1S/C13H11F3N4S.CH3ClO2S/c1-8-11(6-7-18-20-17)19-12(21-8)9-2-4-10(5-3-9)13(14,15)16;1-5(2,3)4/h2-5H,6-7H2,1H3;1H3. The van der Waals surface area contributed by atoms with Crippen molar-refractivity contribution in [1.82, 2.24) is 4.98 Å². The fourth-order valence-corrected chi connectivity index (χ4v) is 2.75. The highest BCUT2D eigenvalue weighted by Gasteiger charge is 2.30. The molecule has 1 aromatic heterocycles. The molecule has 2 aromatic rings. The lowest BCUT2D eigenvalue weighted by Gasteiger charge is -2.06. The van der Waals surface area contributed by atoms with Gasteiger partial charge in [-0.3, -0.25) is 0 Å². The highest BCUT2D eigenvalue weighted by molar-refractivity contribution is 8.13. The molecule has 142 valence electrons. The third kappa shape index (κ3) is 8.05. The zero-order chi connectivity index (χ0) is 20.0. The van der Waals surface area contributed by atoms with Crippen LogP contribution in [0, 0.1) is 6.92 Å². The molecule has 1 heterocycles. The van der Waals surface area contributed by atoms with Crippen LogP contribution in [0.4, 0.5) is 13.2 Å². The second kappa shape index (κ2) is 9.22. The van der Waals surface area contributed by atoms with Crippen LogP contribution in [0.3, 0.4) is 0 Å². The van der Waals surface area contributed by atoms with E-state index in [0.29, 0.717) is 23.5 Å². The lowest BCUT2D eigenvalue weighted by molar-refractivity contribution is -0.137. The number of alkyl halides is 3. The van der Waals surface area contributed by atoms with Gasteiger partial charge in [0.15, 0.2) is 0 Å². The summed E-state index contributed by atoms with van der Waals surface area (Å²) in [6.07, 6.45) is -2.89. The average molecular weight is 427 g/mol. The van der Waals surface area contributed by atoms with Crippen molar-refractivity contribution in [2.24, 2.45) is 5.11 Å². The van der Waals surface area contributed by atoms with Gasteiger partial charge in [0, 0.05) is 32.6 Å². The molecule has 0 radical (unpaired) electrons. The van der Waals surface area contributed by atoms with E-state index in [0.717, 1.165) is 29.0 Å². The Hall–Kier alpha value is -1.81. The second-order valence-electron chi connectivity index (χ2n) is 4.98. The molecule has 26 heavy (non-hydrogen) atoms. The van der Waals surface area contributed by atoms with E-state index in [1.165, 1.54) is 23.5 Å². The maximum absolute atomic E-state index is 12.5. The van der Waals surface area contributed by atoms with Crippen molar-refractivity contribution in [3.63, 3.8) is 0 Å². The van der Waals surface area contributed by atoms with Crippen molar-refractivity contribution < 1.29 is 21.6 Å². The van der Waals surface area contributed by atoms with Crippen molar-refractivity contribution in [3.05, 3.63) is 50.8 Å². The number of nitrogens with zero attached hydrogens (tertiary/aromatic N) is 4. The third-order valence-electron chi connectivity index (χ3n) is 2.86. The molecular weight excluding hydrogens is 413 g/mol. The molecule has 0 aliphatic heterocycles. The summed E-state index contributed by atoms with van der Waals surface area (Å²) in [5, 5.41) is 4.11. The minimum Gasteiger partial charge on any atom is -0.241 e. The van der Waals surface area contributed by atoms with Crippen LogP contribution < -0.4 is 0 Å². The van der Waals surface area contributed by atoms with Crippen LogP contribution in [-0.2, 0) is 21.6 Å². The number of aryl methyl sites for hydroxylation is 1. The van der Waals surface area contributed by atoms with Gasteiger partial charge >= 0.3 is 6.18 Å². The lowest BCUT2D eigenvalue weighted by atomic mass is 10.1. The first-order valence-corrected chi connectivity index (χ1v) is 10.5. The summed E-state index contributed by atoms with van der Waals surface area (Å²) in [7, 11) is 1.31. The van der Waals surface area contributed by atoms with Gasteiger partial charge in [0.2, 0.25) is 9.05 Å². The Kier molecular flexibility index (Phi) is 7.88. The topological polar surface area (TPSA) is 95.8 Å². The number of hydrogen-bond acceptors (Lipinski definition) is 5. The summed E-state index contributed by atoms with van der Waals surface area (Å²) in [6.45, 7) is 2.20. The Labute approximate surface area is 156 Å². The zero-order valence-corrected chi connectivity index (χ0v) is 16.0. The normalized spacial score (nSPS) is 11.3. The first kappa shape index (κ1) is 22.2. The maximum atomic E-state index is 12.5. The first-order valence-electron chi connectivity index (χ1n) is 6.96. The molecule has 0 fully saturated rings. The summed E-state index contributed by atoms with van der Waals surface area (Å²) in [5.74, 6) is 0. The molecule has 0 bridgehead atoms. The summed E-state index contributed by atoms with van der Waals surface area (Å²) >= 11 is 1.41. The van der Waals surface area contributed by atoms with E-state index in [4.69, 9.17) is 5.53 Å². The molecule has 0 aliphatic rings. The van der Waals surface area contributed by atoms with Gasteiger partial charge in [-0.25, -0.2) is 13.4 Å². The lowest BCUT2D eigenvalue weighted by Crippen LogP contribution is -2.03. The first-order chi connectivity index (χ1) is 11.9. The van der Waals surface area contributed by atoms with Crippen molar-refractivity contribution in [3.8, 4) is 10.6 Å². The molecule has 2 rings (SSSR count). The largest absolute Gasteiger partial charge is 0.416 e. The van der Waals surface area contributed by atoms with Crippen molar-refractivity contribution >= 4 is 31.1 Å². The number of thiazole rings is 1. The van der Waals surface area contributed by atoms with Crippen LogP contribution in [0.5, 0.6) is 0 Å². The smallest absolute Gasteiger partial charge is 0.241 e. The molecule has 1 aromatic carbocycles. The van der Waals surface area contributed by atoms with E-state index < -0.39 is 20.8 Å². The quantitative estimate of drug-likeness (QED) is 0.292. The van der Waals surface area contributed by atoms with Gasteiger partial charge in [0.1, 0.15) is 5.01 Å². The van der Waals surface area contributed by atoms with Crippen LogP contribution in [0.15, 0.2) is 29.4 Å². The summed E-state index contributed by atoms with van der Waals surface area (Å²) in [5.41, 5.74) is 9.01. The van der Waals surface area contributed by atoms with Crippen molar-refractivity contribution in [2.45, 2.75) is 19.5 Å². The van der Waals surface area contributed by atoms with Gasteiger partial charge in [-0.1, -0.05) is 17.2 Å². The number of hydrogen-bond donors (Lipinski definition) is 0. The monoisotopic (exact) mass is 426 g/mol. The van der Waals surface area contributed by atoms with Crippen LogP contribution in [0.25, 0.3) is 21.0 Å². The third-order valence-corrected chi connectivity index (χ3v) is 3.93. The molecule has 0 spiro atoms. The van der Waals surface area contributed by atoms with E-state index in [9.17, 15) is 21.6 Å².